The summed E-state index contributed by atoms with van der Waals surface area (Å²) in [6.07, 6.45) is 7.02. The molecule has 1 amide bonds. The Morgan fingerprint density at radius 3 is 2.47 bits per heavy atom. The lowest BCUT2D eigenvalue weighted by Crippen LogP contribution is -2.58. The fraction of sp³-hybridized carbons (Fsp3) is 0.605. The molecule has 3 atom stereocenters. The van der Waals surface area contributed by atoms with Crippen LogP contribution in [0.1, 0.15) is 68.6 Å². The van der Waals surface area contributed by atoms with Gasteiger partial charge in [-0.1, -0.05) is 18.6 Å². The van der Waals surface area contributed by atoms with Crippen molar-refractivity contribution < 1.29 is 18.7 Å². The first kappa shape index (κ1) is 33.4. The molecule has 3 heterocycles. The van der Waals surface area contributed by atoms with Gasteiger partial charge in [0.25, 0.3) is 0 Å². The molecule has 0 aromatic heterocycles. The molecule has 4 aliphatic rings. The zero-order valence-corrected chi connectivity index (χ0v) is 28.1. The summed E-state index contributed by atoms with van der Waals surface area (Å²) in [6.45, 7) is 10.1. The molecule has 1 N–H and O–H groups in total. The largest absolute Gasteiger partial charge is 0.469 e. The van der Waals surface area contributed by atoms with E-state index in [0.29, 0.717) is 36.3 Å². The molecule has 2 aromatic rings. The molecule has 9 heteroatoms. The summed E-state index contributed by atoms with van der Waals surface area (Å²) in [5, 5.41) is 12.3. The van der Waals surface area contributed by atoms with E-state index in [0.717, 1.165) is 101 Å². The molecule has 4 fully saturated rings. The number of carbonyl (C=O) groups is 2. The third-order valence-electron chi connectivity index (χ3n) is 11.7. The van der Waals surface area contributed by atoms with Gasteiger partial charge in [0.15, 0.2) is 0 Å². The van der Waals surface area contributed by atoms with Gasteiger partial charge in [-0.15, -0.1) is 0 Å². The Labute approximate surface area is 279 Å². The number of methoxy groups -OCH3 is 1. The van der Waals surface area contributed by atoms with E-state index in [2.05, 4.69) is 32.2 Å². The number of nitrogens with one attached hydrogen (secondary N) is 1. The number of anilines is 1. The van der Waals surface area contributed by atoms with Gasteiger partial charge in [-0.3, -0.25) is 9.59 Å². The molecular formula is C38H50FN5O3. The third-order valence-corrected chi connectivity index (χ3v) is 11.7. The van der Waals surface area contributed by atoms with Gasteiger partial charge >= 0.3 is 5.97 Å². The topological polar surface area (TPSA) is 88.9 Å². The minimum absolute atomic E-state index is 0.106. The average Bonchev–Trinajstić information content (AvgIpc) is 3.49. The van der Waals surface area contributed by atoms with Gasteiger partial charge in [0.1, 0.15) is 5.82 Å². The molecule has 0 bridgehead atoms. The van der Waals surface area contributed by atoms with Crippen molar-refractivity contribution in [2.24, 2.45) is 23.7 Å². The minimum Gasteiger partial charge on any atom is -0.469 e. The highest BCUT2D eigenvalue weighted by atomic mass is 19.1. The quantitative estimate of drug-likeness (QED) is 0.322. The Bertz CT molecular complexity index is 1460. The summed E-state index contributed by atoms with van der Waals surface area (Å²) in [4.78, 5) is 31.6. The zero-order chi connectivity index (χ0) is 33.0. The van der Waals surface area contributed by atoms with Gasteiger partial charge in [0.2, 0.25) is 5.91 Å². The second-order valence-electron chi connectivity index (χ2n) is 14.5. The van der Waals surface area contributed by atoms with E-state index >= 15 is 0 Å². The lowest BCUT2D eigenvalue weighted by atomic mass is 9.56. The van der Waals surface area contributed by atoms with Crippen LogP contribution in [-0.2, 0) is 26.3 Å². The third kappa shape index (κ3) is 7.34. The van der Waals surface area contributed by atoms with Crippen molar-refractivity contribution >= 4 is 17.6 Å². The first-order chi connectivity index (χ1) is 22.8. The van der Waals surface area contributed by atoms with E-state index in [9.17, 15) is 19.2 Å². The number of rotatable bonds is 12. The van der Waals surface area contributed by atoms with Gasteiger partial charge in [-0.25, -0.2) is 4.39 Å². The number of piperidine rings is 1. The second-order valence-corrected chi connectivity index (χ2v) is 14.5. The van der Waals surface area contributed by atoms with Crippen molar-refractivity contribution in [1.29, 1.82) is 5.26 Å². The summed E-state index contributed by atoms with van der Waals surface area (Å²) < 4.78 is 20.1. The molecule has 6 rings (SSSR count). The van der Waals surface area contributed by atoms with Crippen LogP contribution in [0.15, 0.2) is 42.5 Å². The maximum absolute atomic E-state index is 15.0. The van der Waals surface area contributed by atoms with Gasteiger partial charge in [-0.05, 0) is 117 Å². The van der Waals surface area contributed by atoms with Crippen molar-refractivity contribution in [2.75, 3.05) is 64.4 Å². The van der Waals surface area contributed by atoms with Crippen LogP contribution >= 0.6 is 0 Å². The van der Waals surface area contributed by atoms with Crippen LogP contribution in [0.3, 0.4) is 0 Å². The second kappa shape index (κ2) is 14.7. The highest BCUT2D eigenvalue weighted by Gasteiger charge is 2.53. The van der Waals surface area contributed by atoms with Crippen molar-refractivity contribution in [1.82, 2.24) is 15.1 Å². The SMILES string of the molecule is COC(=O)C[C@H]1CCC[C@@H]1[C@](CN1CCC1)(c1cccc(F)c1)C1CCN(CC2CN(c3ccc(C#N)c(CNC(C)=O)c3)C2)CC1. The van der Waals surface area contributed by atoms with Crippen molar-refractivity contribution in [3.63, 3.8) is 0 Å². The number of hydrogen-bond acceptors (Lipinski definition) is 7. The van der Waals surface area contributed by atoms with Crippen LogP contribution in [0.25, 0.3) is 0 Å². The molecule has 1 saturated carbocycles. The number of nitriles is 1. The lowest BCUT2D eigenvalue weighted by molar-refractivity contribution is -0.142. The van der Waals surface area contributed by atoms with Crippen molar-refractivity contribution in [3.8, 4) is 6.07 Å². The number of nitrogens with zero attached hydrogens (tertiary/aromatic N) is 4. The first-order valence-electron chi connectivity index (χ1n) is 17.6. The molecule has 3 aliphatic heterocycles. The number of likely N-dealkylation sites (tertiary alicyclic amines) is 2. The summed E-state index contributed by atoms with van der Waals surface area (Å²) in [6, 6.07) is 15.6. The van der Waals surface area contributed by atoms with Crippen LogP contribution in [-0.4, -0.2) is 81.1 Å². The number of ether oxygens (including phenoxy) is 1. The fourth-order valence-electron chi connectivity index (χ4n) is 9.18. The van der Waals surface area contributed by atoms with Gasteiger partial charge < -0.3 is 24.8 Å². The minimum atomic E-state index is -0.193. The first-order valence-corrected chi connectivity index (χ1v) is 17.6. The van der Waals surface area contributed by atoms with Crippen LogP contribution < -0.4 is 10.2 Å². The van der Waals surface area contributed by atoms with E-state index in [-0.39, 0.29) is 29.0 Å². The van der Waals surface area contributed by atoms with Crippen LogP contribution in [0.5, 0.6) is 0 Å². The van der Waals surface area contributed by atoms with Gasteiger partial charge in [0.05, 0.1) is 18.7 Å². The maximum atomic E-state index is 15.0. The number of hydrogen-bond donors (Lipinski definition) is 1. The molecule has 8 nitrogen and oxygen atoms in total. The zero-order valence-electron chi connectivity index (χ0n) is 28.1. The summed E-state index contributed by atoms with van der Waals surface area (Å²) in [5.41, 5.74) is 3.48. The highest BCUT2D eigenvalue weighted by molar-refractivity contribution is 5.73. The highest BCUT2D eigenvalue weighted by Crippen LogP contribution is 2.54. The van der Waals surface area contributed by atoms with Crippen LogP contribution in [0, 0.1) is 40.8 Å². The van der Waals surface area contributed by atoms with E-state index in [1.807, 2.05) is 24.3 Å². The normalized spacial score (nSPS) is 23.7. The standard InChI is InChI=1S/C38H50FN5O3/c1-27(45)41-22-31-18-35(11-10-30(31)21-40)44-24-28(25-44)23-42-16-12-32(13-17-42)38(26-43-14-5-15-43,33-7-4-8-34(39)20-33)36-9-3-6-29(36)19-37(46)47-2/h4,7-8,10-11,18,20,28-29,32,36H,3,5-6,9,12-17,19,22-26H2,1-2H3,(H,41,45)/t29-,36+,38+/m1/s1. The van der Waals surface area contributed by atoms with E-state index in [1.54, 1.807) is 12.1 Å². The summed E-state index contributed by atoms with van der Waals surface area (Å²) >= 11 is 0. The number of amides is 1. The molecule has 0 radical (unpaired) electrons. The maximum Gasteiger partial charge on any atom is 0.305 e. The van der Waals surface area contributed by atoms with Gasteiger partial charge in [-0.2, -0.15) is 5.26 Å². The average molecular weight is 644 g/mol. The van der Waals surface area contributed by atoms with Gasteiger partial charge in [0, 0.05) is 63.1 Å². The molecule has 0 unspecified atom stereocenters. The van der Waals surface area contributed by atoms with E-state index in [4.69, 9.17) is 4.74 Å². The number of esters is 1. The van der Waals surface area contributed by atoms with E-state index < -0.39 is 0 Å². The molecule has 1 aliphatic carbocycles. The van der Waals surface area contributed by atoms with Crippen LogP contribution in [0.4, 0.5) is 10.1 Å². The Kier molecular flexibility index (Phi) is 10.5. The Balaban J connectivity index is 1.14. The predicted molar refractivity (Wildman–Crippen MR) is 180 cm³/mol. The van der Waals surface area contributed by atoms with Crippen molar-refractivity contribution in [2.45, 2.75) is 63.8 Å². The molecular weight excluding hydrogens is 593 g/mol. The Morgan fingerprint density at radius 1 is 1.02 bits per heavy atom. The molecule has 3 saturated heterocycles. The summed E-state index contributed by atoms with van der Waals surface area (Å²) in [7, 11) is 1.49. The molecule has 0 spiro atoms. The van der Waals surface area contributed by atoms with Crippen LogP contribution in [0.2, 0.25) is 0 Å². The number of halogens is 1. The molecule has 2 aromatic carbocycles. The molecule has 252 valence electrons. The lowest BCUT2D eigenvalue weighted by Gasteiger charge is -2.54. The smallest absolute Gasteiger partial charge is 0.305 e. The number of carbonyl (C=O) groups excluding carboxylic acids is 2. The summed E-state index contributed by atoms with van der Waals surface area (Å²) in [5.74, 6) is 1.17. The Hall–Kier alpha value is -3.48. The monoisotopic (exact) mass is 643 g/mol. The number of benzene rings is 2. The Morgan fingerprint density at radius 2 is 1.81 bits per heavy atom. The fourth-order valence-corrected chi connectivity index (χ4v) is 9.18. The van der Waals surface area contributed by atoms with E-state index in [1.165, 1.54) is 20.5 Å². The predicted octanol–water partition coefficient (Wildman–Crippen LogP) is 5.10. The molecule has 47 heavy (non-hydrogen) atoms. The van der Waals surface area contributed by atoms with Crippen molar-refractivity contribution in [3.05, 3.63) is 65.0 Å².